The number of tetrazole rings is 1. The maximum atomic E-state index is 13.7. The molecule has 1 unspecified atom stereocenters. The number of benzene rings is 1. The number of hydrogen-bond donors (Lipinski definition) is 1. The first-order chi connectivity index (χ1) is 18.0. The van der Waals surface area contributed by atoms with Gasteiger partial charge in [-0.1, -0.05) is 18.9 Å². The zero-order valence-corrected chi connectivity index (χ0v) is 21.2. The highest BCUT2D eigenvalue weighted by molar-refractivity contribution is 7.09. The first-order valence-electron chi connectivity index (χ1n) is 12.2. The van der Waals surface area contributed by atoms with Crippen molar-refractivity contribution in [1.29, 1.82) is 0 Å². The minimum Gasteiger partial charge on any atom is -0.464 e. The molecule has 1 aliphatic rings. The highest BCUT2D eigenvalue weighted by atomic mass is 32.1. The lowest BCUT2D eigenvalue weighted by molar-refractivity contribution is -0.143. The van der Waals surface area contributed by atoms with E-state index in [-0.39, 0.29) is 42.6 Å². The number of furan rings is 1. The number of thiophene rings is 1. The molecule has 4 aromatic rings. The third-order valence-corrected chi connectivity index (χ3v) is 7.21. The van der Waals surface area contributed by atoms with Crippen molar-refractivity contribution in [2.24, 2.45) is 0 Å². The molecule has 1 saturated carbocycles. The van der Waals surface area contributed by atoms with Crippen LogP contribution in [0.3, 0.4) is 0 Å². The summed E-state index contributed by atoms with van der Waals surface area (Å²) >= 11 is 1.50. The summed E-state index contributed by atoms with van der Waals surface area (Å²) in [5.74, 6) is 0.317. The van der Waals surface area contributed by atoms with Crippen LogP contribution in [0.5, 0.6) is 0 Å². The summed E-state index contributed by atoms with van der Waals surface area (Å²) in [7, 11) is 0. The molecule has 9 nitrogen and oxygen atoms in total. The van der Waals surface area contributed by atoms with Gasteiger partial charge in [-0.25, -0.2) is 4.39 Å². The van der Waals surface area contributed by atoms with E-state index >= 15 is 0 Å². The Bertz CT molecular complexity index is 1340. The second-order valence-corrected chi connectivity index (χ2v) is 10.1. The van der Waals surface area contributed by atoms with E-state index in [1.165, 1.54) is 33.2 Å². The van der Waals surface area contributed by atoms with E-state index in [9.17, 15) is 14.0 Å². The summed E-state index contributed by atoms with van der Waals surface area (Å²) in [4.78, 5) is 30.9. The highest BCUT2D eigenvalue weighted by Gasteiger charge is 2.36. The van der Waals surface area contributed by atoms with Gasteiger partial charge in [0.1, 0.15) is 23.9 Å². The molecule has 11 heteroatoms. The average Bonchev–Trinajstić information content (AvgIpc) is 3.69. The first-order valence-corrected chi connectivity index (χ1v) is 13.1. The fraction of sp³-hybridized carbons (Fsp3) is 0.346. The van der Waals surface area contributed by atoms with Crippen molar-refractivity contribution in [3.05, 3.63) is 76.1 Å². The molecule has 5 rings (SSSR count). The summed E-state index contributed by atoms with van der Waals surface area (Å²) < 4.78 is 19.2. The largest absolute Gasteiger partial charge is 0.464 e. The Hall–Kier alpha value is -3.86. The maximum absolute atomic E-state index is 13.7. The van der Waals surface area contributed by atoms with Gasteiger partial charge in [0.15, 0.2) is 6.04 Å². The molecule has 1 fully saturated rings. The molecule has 1 aliphatic carbocycles. The van der Waals surface area contributed by atoms with Gasteiger partial charge < -0.3 is 14.6 Å². The second kappa shape index (κ2) is 11.0. The number of amides is 2. The Balaban J connectivity index is 1.42. The lowest BCUT2D eigenvalue weighted by atomic mass is 10.1. The van der Waals surface area contributed by atoms with Gasteiger partial charge in [-0.05, 0) is 72.8 Å². The zero-order valence-electron chi connectivity index (χ0n) is 20.3. The summed E-state index contributed by atoms with van der Waals surface area (Å²) in [5, 5.41) is 17.4. The fourth-order valence-electron chi connectivity index (χ4n) is 4.51. The third-order valence-electron chi connectivity index (χ3n) is 6.35. The molecule has 1 aromatic carbocycles. The Morgan fingerprint density at radius 3 is 2.65 bits per heavy atom. The minimum absolute atomic E-state index is 0.0833. The van der Waals surface area contributed by atoms with Crippen LogP contribution in [0.1, 0.15) is 48.1 Å². The predicted molar refractivity (Wildman–Crippen MR) is 135 cm³/mol. The van der Waals surface area contributed by atoms with Gasteiger partial charge in [-0.15, -0.1) is 21.5 Å². The van der Waals surface area contributed by atoms with Crippen molar-refractivity contribution >= 4 is 23.2 Å². The molecule has 37 heavy (non-hydrogen) atoms. The SMILES string of the molecule is Cc1ccc(C(C(=O)NC2CCCC2)N(Cc2cccs2)C(=O)Cn2nnc(-c3ccc(F)cc3)n2)o1. The van der Waals surface area contributed by atoms with Gasteiger partial charge in [0.2, 0.25) is 11.7 Å². The Morgan fingerprint density at radius 1 is 1.19 bits per heavy atom. The van der Waals surface area contributed by atoms with Gasteiger partial charge in [0.05, 0.1) is 6.54 Å². The summed E-state index contributed by atoms with van der Waals surface area (Å²) in [6.45, 7) is 1.79. The molecule has 2 amide bonds. The minimum atomic E-state index is -0.955. The Labute approximate surface area is 217 Å². The van der Waals surface area contributed by atoms with Crippen molar-refractivity contribution in [1.82, 2.24) is 30.4 Å². The number of nitrogens with zero attached hydrogens (tertiary/aromatic N) is 5. The maximum Gasteiger partial charge on any atom is 0.250 e. The van der Waals surface area contributed by atoms with E-state index in [0.717, 1.165) is 30.6 Å². The molecule has 0 bridgehead atoms. The quantitative estimate of drug-likeness (QED) is 0.352. The van der Waals surface area contributed by atoms with E-state index in [2.05, 4.69) is 20.7 Å². The van der Waals surface area contributed by atoms with Crippen LogP contribution in [-0.4, -0.2) is 43.0 Å². The second-order valence-electron chi connectivity index (χ2n) is 9.09. The molecule has 1 atom stereocenters. The molecule has 3 heterocycles. The molecule has 192 valence electrons. The van der Waals surface area contributed by atoms with E-state index in [1.807, 2.05) is 17.5 Å². The monoisotopic (exact) mass is 522 g/mol. The number of carbonyl (C=O) groups excluding carboxylic acids is 2. The van der Waals surface area contributed by atoms with Crippen LogP contribution < -0.4 is 5.32 Å². The first kappa shape index (κ1) is 24.8. The normalized spacial score (nSPS) is 14.5. The van der Waals surface area contributed by atoms with Crippen molar-refractivity contribution in [2.75, 3.05) is 0 Å². The van der Waals surface area contributed by atoms with E-state index in [4.69, 9.17) is 4.42 Å². The number of carbonyl (C=O) groups is 2. The predicted octanol–water partition coefficient (Wildman–Crippen LogP) is 4.27. The van der Waals surface area contributed by atoms with Crippen LogP contribution in [0, 0.1) is 12.7 Å². The van der Waals surface area contributed by atoms with E-state index < -0.39 is 6.04 Å². The van der Waals surface area contributed by atoms with Gasteiger partial charge in [-0.3, -0.25) is 9.59 Å². The van der Waals surface area contributed by atoms with Crippen molar-refractivity contribution < 1.29 is 18.4 Å². The van der Waals surface area contributed by atoms with Gasteiger partial charge in [0.25, 0.3) is 5.91 Å². The van der Waals surface area contributed by atoms with Crippen molar-refractivity contribution in [3.8, 4) is 11.4 Å². The molecule has 0 aliphatic heterocycles. The number of nitrogens with one attached hydrogen (secondary N) is 1. The highest BCUT2D eigenvalue weighted by Crippen LogP contribution is 2.28. The lowest BCUT2D eigenvalue weighted by Crippen LogP contribution is -2.46. The van der Waals surface area contributed by atoms with E-state index in [1.54, 1.807) is 31.2 Å². The molecule has 0 spiro atoms. The van der Waals surface area contributed by atoms with Crippen molar-refractivity contribution in [3.63, 3.8) is 0 Å². The molecule has 3 aromatic heterocycles. The molecule has 0 radical (unpaired) electrons. The Kier molecular flexibility index (Phi) is 7.40. The molecular weight excluding hydrogens is 495 g/mol. The van der Waals surface area contributed by atoms with Crippen molar-refractivity contribution in [2.45, 2.75) is 57.8 Å². The summed E-state index contributed by atoms with van der Waals surface area (Å²) in [5.41, 5.74) is 0.579. The number of hydrogen-bond acceptors (Lipinski definition) is 7. The standard InChI is InChI=1S/C26H27FN6O3S/c1-17-8-13-22(36-17)24(26(35)28-20-5-2-3-6-20)32(15-21-7-4-14-37-21)23(34)16-33-30-25(29-31-33)18-9-11-19(27)12-10-18/h4,7-14,20,24H,2-3,5-6,15-16H2,1H3,(H,28,35). The van der Waals surface area contributed by atoms with Gasteiger partial charge >= 0.3 is 0 Å². The Morgan fingerprint density at radius 2 is 1.97 bits per heavy atom. The molecule has 1 N–H and O–H groups in total. The van der Waals surface area contributed by atoms with Crippen LogP contribution in [0.4, 0.5) is 4.39 Å². The third kappa shape index (κ3) is 5.93. The van der Waals surface area contributed by atoms with Crippen LogP contribution in [0.2, 0.25) is 0 Å². The number of rotatable bonds is 9. The summed E-state index contributed by atoms with van der Waals surface area (Å²) in [6.07, 6.45) is 3.98. The number of aromatic nitrogens is 4. The number of aryl methyl sites for hydroxylation is 1. The van der Waals surface area contributed by atoms with Crippen LogP contribution in [0.15, 0.2) is 58.3 Å². The summed E-state index contributed by atoms with van der Waals surface area (Å²) in [6, 6.07) is 12.2. The molecular formula is C26H27FN6O3S. The lowest BCUT2D eigenvalue weighted by Gasteiger charge is -2.30. The van der Waals surface area contributed by atoms with Gasteiger partial charge in [-0.2, -0.15) is 4.80 Å². The number of halogens is 1. The van der Waals surface area contributed by atoms with Crippen LogP contribution in [-0.2, 0) is 22.7 Å². The van der Waals surface area contributed by atoms with Crippen LogP contribution in [0.25, 0.3) is 11.4 Å². The van der Waals surface area contributed by atoms with E-state index in [0.29, 0.717) is 17.1 Å². The zero-order chi connectivity index (χ0) is 25.8. The average molecular weight is 523 g/mol. The van der Waals surface area contributed by atoms with Crippen LogP contribution >= 0.6 is 11.3 Å². The smallest absolute Gasteiger partial charge is 0.250 e. The fourth-order valence-corrected chi connectivity index (χ4v) is 5.21. The topological polar surface area (TPSA) is 106 Å². The van der Waals surface area contributed by atoms with Gasteiger partial charge in [0, 0.05) is 16.5 Å². The molecule has 0 saturated heterocycles.